The molecule has 0 bridgehead atoms. The van der Waals surface area contributed by atoms with Gasteiger partial charge >= 0.3 is 0 Å². The van der Waals surface area contributed by atoms with E-state index in [0.29, 0.717) is 22.5 Å². The summed E-state index contributed by atoms with van der Waals surface area (Å²) in [5.41, 5.74) is 0.901. The molecule has 25 heavy (non-hydrogen) atoms. The molecule has 6 nitrogen and oxygen atoms in total. The normalized spacial score (nSPS) is 11.6. The van der Waals surface area contributed by atoms with Crippen molar-refractivity contribution >= 4 is 22.6 Å². The first-order valence-electron chi connectivity index (χ1n) is 7.67. The highest BCUT2D eigenvalue weighted by atomic mass is 32.1. The standard InChI is InChI=1S/C18H17N3O3S/c1-12(24-15-11-7-6-10-14(15)23-2)17(22)20-18-19-16(21-25-18)13-8-4-3-5-9-13/h3-12H,1-2H3,(H,19,20,21,22)/t12-/m1/s1. The van der Waals surface area contributed by atoms with Gasteiger partial charge in [-0.1, -0.05) is 42.5 Å². The number of nitrogens with one attached hydrogen (secondary N) is 1. The lowest BCUT2D eigenvalue weighted by Gasteiger charge is -2.15. The number of nitrogens with zero attached hydrogens (tertiary/aromatic N) is 2. The molecule has 0 unspecified atom stereocenters. The second-order valence-corrected chi connectivity index (χ2v) is 5.94. The zero-order valence-electron chi connectivity index (χ0n) is 13.8. The molecule has 3 rings (SSSR count). The van der Waals surface area contributed by atoms with Gasteiger partial charge in [0.25, 0.3) is 5.91 Å². The third kappa shape index (κ3) is 4.13. The van der Waals surface area contributed by atoms with Gasteiger partial charge in [0.05, 0.1) is 7.11 Å². The SMILES string of the molecule is COc1ccccc1O[C@H](C)C(=O)Nc1nc(-c2ccccc2)ns1. The van der Waals surface area contributed by atoms with E-state index in [9.17, 15) is 4.79 Å². The number of carbonyl (C=O) groups excluding carboxylic acids is 1. The van der Waals surface area contributed by atoms with Crippen LogP contribution in [0.1, 0.15) is 6.92 Å². The van der Waals surface area contributed by atoms with Crippen molar-refractivity contribution in [2.24, 2.45) is 0 Å². The van der Waals surface area contributed by atoms with Gasteiger partial charge < -0.3 is 9.47 Å². The van der Waals surface area contributed by atoms with Crippen molar-refractivity contribution < 1.29 is 14.3 Å². The van der Waals surface area contributed by atoms with Crippen LogP contribution in [0.2, 0.25) is 0 Å². The van der Waals surface area contributed by atoms with E-state index in [1.165, 1.54) is 0 Å². The quantitative estimate of drug-likeness (QED) is 0.731. The summed E-state index contributed by atoms with van der Waals surface area (Å²) in [7, 11) is 1.55. The molecule has 1 atom stereocenters. The van der Waals surface area contributed by atoms with Crippen LogP contribution in [0.3, 0.4) is 0 Å². The summed E-state index contributed by atoms with van der Waals surface area (Å²) in [6.07, 6.45) is -0.708. The molecule has 1 aromatic heterocycles. The predicted molar refractivity (Wildman–Crippen MR) is 97.1 cm³/mol. The number of carbonyl (C=O) groups is 1. The average molecular weight is 355 g/mol. The Bertz CT molecular complexity index is 852. The van der Waals surface area contributed by atoms with Crippen molar-refractivity contribution in [2.75, 3.05) is 12.4 Å². The molecule has 0 saturated heterocycles. The second-order valence-electron chi connectivity index (χ2n) is 5.19. The number of benzene rings is 2. The molecule has 0 aliphatic carbocycles. The molecule has 1 heterocycles. The van der Waals surface area contributed by atoms with Crippen molar-refractivity contribution in [3.63, 3.8) is 0 Å². The molecule has 0 aliphatic heterocycles. The van der Waals surface area contributed by atoms with Gasteiger partial charge in [-0.15, -0.1) is 0 Å². The predicted octanol–water partition coefficient (Wildman–Crippen LogP) is 3.62. The average Bonchev–Trinajstić information content (AvgIpc) is 3.11. The van der Waals surface area contributed by atoms with E-state index >= 15 is 0 Å². The molecule has 7 heteroatoms. The Morgan fingerprint density at radius 3 is 2.48 bits per heavy atom. The van der Waals surface area contributed by atoms with Gasteiger partial charge in [-0.25, -0.2) is 0 Å². The van der Waals surface area contributed by atoms with E-state index in [1.54, 1.807) is 26.2 Å². The summed E-state index contributed by atoms with van der Waals surface area (Å²) in [6, 6.07) is 16.8. The molecule has 0 fully saturated rings. The molecule has 0 aliphatic rings. The summed E-state index contributed by atoms with van der Waals surface area (Å²) in [6.45, 7) is 1.67. The van der Waals surface area contributed by atoms with Crippen LogP contribution in [0.15, 0.2) is 54.6 Å². The minimum absolute atomic E-state index is 0.304. The summed E-state index contributed by atoms with van der Waals surface area (Å²) in [4.78, 5) is 16.7. The van der Waals surface area contributed by atoms with Gasteiger partial charge in [-0.3, -0.25) is 10.1 Å². The third-order valence-electron chi connectivity index (χ3n) is 3.43. The highest BCUT2D eigenvalue weighted by molar-refractivity contribution is 7.10. The van der Waals surface area contributed by atoms with Crippen molar-refractivity contribution in [1.29, 1.82) is 0 Å². The van der Waals surface area contributed by atoms with Gasteiger partial charge in [0.15, 0.2) is 23.4 Å². The van der Waals surface area contributed by atoms with E-state index in [4.69, 9.17) is 9.47 Å². The van der Waals surface area contributed by atoms with Crippen LogP contribution in [-0.4, -0.2) is 28.5 Å². The Labute approximate surface area is 149 Å². The van der Waals surface area contributed by atoms with E-state index in [-0.39, 0.29) is 5.91 Å². The van der Waals surface area contributed by atoms with Gasteiger partial charge in [0.1, 0.15) is 0 Å². The molecule has 0 saturated carbocycles. The van der Waals surface area contributed by atoms with Crippen LogP contribution in [0.5, 0.6) is 11.5 Å². The van der Waals surface area contributed by atoms with Crippen LogP contribution in [0.25, 0.3) is 11.4 Å². The Kier molecular flexibility index (Phi) is 5.25. The molecule has 1 N–H and O–H groups in total. The van der Waals surface area contributed by atoms with Gasteiger partial charge in [-0.2, -0.15) is 9.36 Å². The highest BCUT2D eigenvalue weighted by Crippen LogP contribution is 2.27. The summed E-state index contributed by atoms with van der Waals surface area (Å²) in [5, 5.41) is 3.16. The lowest BCUT2D eigenvalue weighted by atomic mass is 10.2. The van der Waals surface area contributed by atoms with E-state index in [0.717, 1.165) is 17.1 Å². The van der Waals surface area contributed by atoms with Crippen molar-refractivity contribution in [3.8, 4) is 22.9 Å². The molecule has 0 spiro atoms. The molecule has 0 radical (unpaired) electrons. The maximum absolute atomic E-state index is 12.3. The number of amides is 1. The number of rotatable bonds is 6. The fourth-order valence-electron chi connectivity index (χ4n) is 2.15. The number of methoxy groups -OCH3 is 1. The van der Waals surface area contributed by atoms with Crippen molar-refractivity contribution in [1.82, 2.24) is 9.36 Å². The Morgan fingerprint density at radius 1 is 1.08 bits per heavy atom. The third-order valence-corrected chi connectivity index (χ3v) is 4.06. The van der Waals surface area contributed by atoms with Crippen LogP contribution < -0.4 is 14.8 Å². The van der Waals surface area contributed by atoms with E-state index in [2.05, 4.69) is 14.7 Å². The summed E-state index contributed by atoms with van der Waals surface area (Å²) >= 11 is 1.13. The number of aromatic nitrogens is 2. The van der Waals surface area contributed by atoms with Gasteiger partial charge in [-0.05, 0) is 19.1 Å². The Balaban J connectivity index is 1.65. The number of anilines is 1. The van der Waals surface area contributed by atoms with Crippen molar-refractivity contribution in [3.05, 3.63) is 54.6 Å². The molecule has 128 valence electrons. The minimum Gasteiger partial charge on any atom is -0.493 e. The smallest absolute Gasteiger partial charge is 0.266 e. The lowest BCUT2D eigenvalue weighted by molar-refractivity contribution is -0.122. The van der Waals surface area contributed by atoms with Crippen LogP contribution in [0.4, 0.5) is 5.13 Å². The fourth-order valence-corrected chi connectivity index (χ4v) is 2.74. The number of ether oxygens (including phenoxy) is 2. The molecular formula is C18H17N3O3S. The summed E-state index contributed by atoms with van der Waals surface area (Å²) in [5.74, 6) is 1.36. The Hall–Kier alpha value is -2.93. The number of hydrogen-bond acceptors (Lipinski definition) is 6. The fraction of sp³-hybridized carbons (Fsp3) is 0.167. The first-order chi connectivity index (χ1) is 12.2. The van der Waals surface area contributed by atoms with Crippen molar-refractivity contribution in [2.45, 2.75) is 13.0 Å². The topological polar surface area (TPSA) is 73.3 Å². The molecule has 2 aromatic carbocycles. The highest BCUT2D eigenvalue weighted by Gasteiger charge is 2.18. The maximum atomic E-state index is 12.3. The van der Waals surface area contributed by atoms with Crippen LogP contribution in [0, 0.1) is 0 Å². The molecule has 3 aromatic rings. The first kappa shape index (κ1) is 16.9. The molecule has 1 amide bonds. The zero-order chi connectivity index (χ0) is 17.6. The maximum Gasteiger partial charge on any atom is 0.266 e. The van der Waals surface area contributed by atoms with E-state index in [1.807, 2.05) is 42.5 Å². The minimum atomic E-state index is -0.708. The van der Waals surface area contributed by atoms with Crippen LogP contribution >= 0.6 is 11.5 Å². The number of para-hydroxylation sites is 2. The first-order valence-corrected chi connectivity index (χ1v) is 8.44. The molecular weight excluding hydrogens is 338 g/mol. The van der Waals surface area contributed by atoms with Crippen LogP contribution in [-0.2, 0) is 4.79 Å². The second kappa shape index (κ2) is 7.76. The monoisotopic (exact) mass is 355 g/mol. The van der Waals surface area contributed by atoms with Gasteiger partial charge in [0, 0.05) is 17.1 Å². The Morgan fingerprint density at radius 2 is 1.76 bits per heavy atom. The van der Waals surface area contributed by atoms with Gasteiger partial charge in [0.2, 0.25) is 5.13 Å². The van der Waals surface area contributed by atoms with E-state index < -0.39 is 6.10 Å². The largest absolute Gasteiger partial charge is 0.493 e. The lowest BCUT2D eigenvalue weighted by Crippen LogP contribution is -2.30. The summed E-state index contributed by atoms with van der Waals surface area (Å²) < 4.78 is 15.2. The zero-order valence-corrected chi connectivity index (χ0v) is 14.6. The number of hydrogen-bond donors (Lipinski definition) is 1.